The van der Waals surface area contributed by atoms with E-state index >= 15 is 0 Å². The van der Waals surface area contributed by atoms with Gasteiger partial charge in [-0.25, -0.2) is 0 Å². The zero-order valence-corrected chi connectivity index (χ0v) is 15.4. The number of methoxy groups -OCH3 is 3. The number of ether oxygens (including phenoxy) is 3. The van der Waals surface area contributed by atoms with Crippen molar-refractivity contribution in [2.45, 2.75) is 38.1 Å². The van der Waals surface area contributed by atoms with E-state index in [0.717, 1.165) is 18.5 Å². The van der Waals surface area contributed by atoms with Crippen LogP contribution < -0.4 is 24.8 Å². The van der Waals surface area contributed by atoms with E-state index in [4.69, 9.17) is 14.2 Å². The molecule has 8 heteroatoms. The van der Waals surface area contributed by atoms with Crippen LogP contribution in [0.25, 0.3) is 0 Å². The molecule has 0 saturated heterocycles. The van der Waals surface area contributed by atoms with Crippen molar-refractivity contribution in [2.75, 3.05) is 32.0 Å². The molecule has 8 nitrogen and oxygen atoms in total. The minimum Gasteiger partial charge on any atom is -0.493 e. The molecule has 0 bridgehead atoms. The third-order valence-corrected chi connectivity index (χ3v) is 4.43. The van der Waals surface area contributed by atoms with Gasteiger partial charge < -0.3 is 24.8 Å². The SMILES string of the molecule is COc1cc(Nc2cnnc(NC3CCCCC3)n2)cc(OC)c1OC. The lowest BCUT2D eigenvalue weighted by Crippen LogP contribution is -2.23. The van der Waals surface area contributed by atoms with Gasteiger partial charge in [0.25, 0.3) is 0 Å². The van der Waals surface area contributed by atoms with Crippen molar-refractivity contribution in [3.8, 4) is 17.2 Å². The second kappa shape index (κ2) is 8.55. The van der Waals surface area contributed by atoms with Gasteiger partial charge in [0.1, 0.15) is 0 Å². The van der Waals surface area contributed by atoms with Gasteiger partial charge in [0, 0.05) is 23.9 Å². The Morgan fingerprint density at radius 2 is 1.65 bits per heavy atom. The summed E-state index contributed by atoms with van der Waals surface area (Å²) in [6.07, 6.45) is 7.67. The minimum absolute atomic E-state index is 0.418. The van der Waals surface area contributed by atoms with E-state index in [0.29, 0.717) is 35.1 Å². The molecule has 2 aromatic rings. The Bertz CT molecular complexity index is 710. The number of hydrogen-bond donors (Lipinski definition) is 2. The summed E-state index contributed by atoms with van der Waals surface area (Å²) in [4.78, 5) is 4.51. The van der Waals surface area contributed by atoms with E-state index in [1.807, 2.05) is 12.1 Å². The highest BCUT2D eigenvalue weighted by atomic mass is 16.5. The van der Waals surface area contributed by atoms with E-state index < -0.39 is 0 Å². The van der Waals surface area contributed by atoms with Gasteiger partial charge in [-0.05, 0) is 12.8 Å². The molecule has 1 heterocycles. The molecule has 26 heavy (non-hydrogen) atoms. The van der Waals surface area contributed by atoms with E-state index in [1.165, 1.54) is 19.3 Å². The van der Waals surface area contributed by atoms with Crippen LogP contribution in [0.3, 0.4) is 0 Å². The standard InChI is InChI=1S/C18H25N5O3/c1-24-14-9-13(10-15(25-2)17(14)26-3)20-16-11-19-23-18(22-16)21-12-7-5-4-6-8-12/h9-12H,4-8H2,1-3H3,(H2,20,21,22,23). The molecule has 3 rings (SSSR count). The molecule has 1 aliphatic rings. The number of anilines is 3. The molecule has 2 N–H and O–H groups in total. The number of nitrogens with one attached hydrogen (secondary N) is 2. The maximum atomic E-state index is 5.38. The van der Waals surface area contributed by atoms with Crippen molar-refractivity contribution < 1.29 is 14.2 Å². The molecule has 0 radical (unpaired) electrons. The van der Waals surface area contributed by atoms with E-state index in [1.54, 1.807) is 27.5 Å². The largest absolute Gasteiger partial charge is 0.493 e. The molecule has 0 amide bonds. The molecular weight excluding hydrogens is 334 g/mol. The van der Waals surface area contributed by atoms with Gasteiger partial charge in [0.15, 0.2) is 17.3 Å². The Balaban J connectivity index is 1.77. The van der Waals surface area contributed by atoms with Gasteiger partial charge in [0.2, 0.25) is 11.7 Å². The Labute approximate surface area is 153 Å². The second-order valence-corrected chi connectivity index (χ2v) is 6.18. The quantitative estimate of drug-likeness (QED) is 0.777. The molecule has 1 aromatic heterocycles. The van der Waals surface area contributed by atoms with Crippen LogP contribution in [0.5, 0.6) is 17.2 Å². The first-order valence-electron chi connectivity index (χ1n) is 8.76. The number of benzene rings is 1. The van der Waals surface area contributed by atoms with Crippen LogP contribution in [-0.2, 0) is 0 Å². The summed E-state index contributed by atoms with van der Waals surface area (Å²) in [5.41, 5.74) is 0.753. The van der Waals surface area contributed by atoms with Gasteiger partial charge in [-0.1, -0.05) is 19.3 Å². The Morgan fingerprint density at radius 1 is 0.962 bits per heavy atom. The molecule has 1 saturated carbocycles. The normalized spacial score (nSPS) is 14.6. The lowest BCUT2D eigenvalue weighted by atomic mass is 9.96. The molecule has 0 spiro atoms. The number of rotatable bonds is 7. The van der Waals surface area contributed by atoms with Crippen molar-refractivity contribution in [3.05, 3.63) is 18.3 Å². The molecule has 140 valence electrons. The van der Waals surface area contributed by atoms with Crippen LogP contribution in [-0.4, -0.2) is 42.6 Å². The summed E-state index contributed by atoms with van der Waals surface area (Å²) in [5.74, 6) is 2.80. The summed E-state index contributed by atoms with van der Waals surface area (Å²) < 4.78 is 16.1. The van der Waals surface area contributed by atoms with Gasteiger partial charge >= 0.3 is 0 Å². The zero-order valence-electron chi connectivity index (χ0n) is 15.4. The molecule has 1 aliphatic carbocycles. The molecule has 1 fully saturated rings. The van der Waals surface area contributed by atoms with Crippen molar-refractivity contribution in [2.24, 2.45) is 0 Å². The predicted molar refractivity (Wildman–Crippen MR) is 99.7 cm³/mol. The maximum Gasteiger partial charge on any atom is 0.244 e. The summed E-state index contributed by atoms with van der Waals surface area (Å²) in [7, 11) is 4.74. The first-order chi connectivity index (χ1) is 12.7. The van der Waals surface area contributed by atoms with Gasteiger partial charge in [-0.2, -0.15) is 10.1 Å². The molecule has 0 aliphatic heterocycles. The smallest absolute Gasteiger partial charge is 0.244 e. The molecular formula is C18H25N5O3. The monoisotopic (exact) mass is 359 g/mol. The average Bonchev–Trinajstić information content (AvgIpc) is 2.68. The van der Waals surface area contributed by atoms with E-state index in [9.17, 15) is 0 Å². The van der Waals surface area contributed by atoms with Crippen molar-refractivity contribution >= 4 is 17.5 Å². The predicted octanol–water partition coefficient (Wildman–Crippen LogP) is 3.39. The first kappa shape index (κ1) is 18.0. The van der Waals surface area contributed by atoms with Crippen molar-refractivity contribution in [3.63, 3.8) is 0 Å². The lowest BCUT2D eigenvalue weighted by Gasteiger charge is -2.22. The fourth-order valence-electron chi connectivity index (χ4n) is 3.16. The van der Waals surface area contributed by atoms with Crippen LogP contribution in [0.1, 0.15) is 32.1 Å². The fourth-order valence-corrected chi connectivity index (χ4v) is 3.16. The summed E-state index contributed by atoms with van der Waals surface area (Å²) in [6.45, 7) is 0. The molecule has 0 atom stereocenters. The second-order valence-electron chi connectivity index (χ2n) is 6.18. The minimum atomic E-state index is 0.418. The van der Waals surface area contributed by atoms with Crippen molar-refractivity contribution in [1.82, 2.24) is 15.2 Å². The average molecular weight is 359 g/mol. The Hall–Kier alpha value is -2.77. The Morgan fingerprint density at radius 3 is 2.27 bits per heavy atom. The summed E-state index contributed by atoms with van der Waals surface area (Å²) in [5, 5.41) is 14.7. The number of aromatic nitrogens is 3. The maximum absolute atomic E-state index is 5.38. The number of hydrogen-bond acceptors (Lipinski definition) is 8. The molecule has 0 unspecified atom stereocenters. The van der Waals surface area contributed by atoms with Crippen molar-refractivity contribution in [1.29, 1.82) is 0 Å². The highest BCUT2D eigenvalue weighted by Gasteiger charge is 2.16. The topological polar surface area (TPSA) is 90.4 Å². The van der Waals surface area contributed by atoms with Crippen LogP contribution in [0.4, 0.5) is 17.5 Å². The van der Waals surface area contributed by atoms with Crippen LogP contribution in [0.15, 0.2) is 18.3 Å². The van der Waals surface area contributed by atoms with Crippen LogP contribution in [0.2, 0.25) is 0 Å². The third-order valence-electron chi connectivity index (χ3n) is 4.43. The van der Waals surface area contributed by atoms with Crippen LogP contribution in [0, 0.1) is 0 Å². The summed E-state index contributed by atoms with van der Waals surface area (Å²) >= 11 is 0. The fraction of sp³-hybridized carbons (Fsp3) is 0.500. The Kier molecular flexibility index (Phi) is 5.93. The van der Waals surface area contributed by atoms with Gasteiger partial charge in [-0.3, -0.25) is 0 Å². The lowest BCUT2D eigenvalue weighted by molar-refractivity contribution is 0.324. The number of nitrogens with zero attached hydrogens (tertiary/aromatic N) is 3. The molecule has 1 aromatic carbocycles. The zero-order chi connectivity index (χ0) is 18.4. The van der Waals surface area contributed by atoms with Gasteiger partial charge in [0.05, 0.1) is 27.5 Å². The van der Waals surface area contributed by atoms with E-state index in [-0.39, 0.29) is 0 Å². The first-order valence-corrected chi connectivity index (χ1v) is 8.76. The third kappa shape index (κ3) is 4.25. The highest BCUT2D eigenvalue weighted by molar-refractivity contribution is 5.66. The highest BCUT2D eigenvalue weighted by Crippen LogP contribution is 2.40. The van der Waals surface area contributed by atoms with Crippen LogP contribution >= 0.6 is 0 Å². The van der Waals surface area contributed by atoms with E-state index in [2.05, 4.69) is 25.8 Å². The van der Waals surface area contributed by atoms with Gasteiger partial charge in [-0.15, -0.1) is 5.10 Å². The summed E-state index contributed by atoms with van der Waals surface area (Å²) in [6, 6.07) is 4.05.